The van der Waals surface area contributed by atoms with Gasteiger partial charge in [0.05, 0.1) is 0 Å². The number of nitrogens with zero attached hydrogens (tertiary/aromatic N) is 2. The number of carbonyl (C=O) groups excluding carboxylic acids is 1. The number of hydrogen-bond acceptors (Lipinski definition) is 4. The van der Waals surface area contributed by atoms with Gasteiger partial charge in [-0.05, 0) is 38.8 Å². The summed E-state index contributed by atoms with van der Waals surface area (Å²) in [4.78, 5) is 17.3. The van der Waals surface area contributed by atoms with Crippen LogP contribution in [0.15, 0.2) is 0 Å². The third-order valence-electron chi connectivity index (χ3n) is 4.78. The molecule has 3 fully saturated rings. The van der Waals surface area contributed by atoms with Gasteiger partial charge in [-0.15, -0.1) is 24.8 Å². The Morgan fingerprint density at radius 3 is 2.59 bits per heavy atom. The lowest BCUT2D eigenvalue weighted by atomic mass is 10.1. The van der Waals surface area contributed by atoms with Gasteiger partial charge >= 0.3 is 0 Å². The molecule has 3 saturated heterocycles. The van der Waals surface area contributed by atoms with Crippen molar-refractivity contribution < 1.29 is 4.79 Å². The van der Waals surface area contributed by atoms with Crippen molar-refractivity contribution in [3.8, 4) is 0 Å². The minimum atomic E-state index is 0. The lowest BCUT2D eigenvalue weighted by Gasteiger charge is -2.30. The molecule has 1 amide bonds. The number of likely N-dealkylation sites (tertiary alicyclic amines) is 2. The van der Waals surface area contributed by atoms with Gasteiger partial charge in [-0.1, -0.05) is 0 Å². The topological polar surface area (TPSA) is 35.6 Å². The van der Waals surface area contributed by atoms with E-state index in [2.05, 4.69) is 15.1 Å². The number of carbonyl (C=O) groups is 1. The number of thioether (sulfide) groups is 1. The van der Waals surface area contributed by atoms with Gasteiger partial charge in [0.1, 0.15) is 0 Å². The first kappa shape index (κ1) is 20.4. The average molecular weight is 370 g/mol. The molecule has 4 nitrogen and oxygen atoms in total. The molecule has 0 spiro atoms. The van der Waals surface area contributed by atoms with Crippen molar-refractivity contribution in [1.29, 1.82) is 0 Å². The van der Waals surface area contributed by atoms with Gasteiger partial charge < -0.3 is 15.1 Å². The number of nitrogens with one attached hydrogen (secondary N) is 1. The van der Waals surface area contributed by atoms with Crippen molar-refractivity contribution in [2.45, 2.75) is 44.2 Å². The average Bonchev–Trinajstić information content (AvgIpc) is 3.12. The monoisotopic (exact) mass is 369 g/mol. The van der Waals surface area contributed by atoms with Gasteiger partial charge in [-0.25, -0.2) is 0 Å². The predicted octanol–water partition coefficient (Wildman–Crippen LogP) is 2.01. The van der Waals surface area contributed by atoms with Gasteiger partial charge in [-0.2, -0.15) is 11.8 Å². The fraction of sp³-hybridized carbons (Fsp3) is 0.933. The van der Waals surface area contributed by atoms with Crippen molar-refractivity contribution in [1.82, 2.24) is 15.1 Å². The Morgan fingerprint density at radius 1 is 1.14 bits per heavy atom. The van der Waals surface area contributed by atoms with Crippen molar-refractivity contribution in [3.63, 3.8) is 0 Å². The molecule has 0 bridgehead atoms. The highest BCUT2D eigenvalue weighted by molar-refractivity contribution is 7.99. The normalized spacial score (nSPS) is 29.0. The lowest BCUT2D eigenvalue weighted by molar-refractivity contribution is -0.132. The van der Waals surface area contributed by atoms with Crippen LogP contribution in [0.3, 0.4) is 0 Å². The molecule has 1 N–H and O–H groups in total. The van der Waals surface area contributed by atoms with Crippen molar-refractivity contribution in [3.05, 3.63) is 0 Å². The molecular formula is C15H29Cl2N3OS. The number of hydrogen-bond donors (Lipinski definition) is 1. The van der Waals surface area contributed by atoms with Crippen LogP contribution in [0.4, 0.5) is 0 Å². The molecule has 7 heteroatoms. The van der Waals surface area contributed by atoms with Crippen molar-refractivity contribution in [2.24, 2.45) is 0 Å². The molecule has 0 aromatic rings. The van der Waals surface area contributed by atoms with Crippen molar-refractivity contribution >= 4 is 42.5 Å². The van der Waals surface area contributed by atoms with Gasteiger partial charge in [0.2, 0.25) is 5.91 Å². The summed E-state index contributed by atoms with van der Waals surface area (Å²) in [5, 5.41) is 3.48. The maximum absolute atomic E-state index is 12.6. The van der Waals surface area contributed by atoms with Crippen molar-refractivity contribution in [2.75, 3.05) is 44.2 Å². The van der Waals surface area contributed by atoms with E-state index in [0.717, 1.165) is 25.4 Å². The highest BCUT2D eigenvalue weighted by atomic mass is 35.5. The van der Waals surface area contributed by atoms with E-state index in [-0.39, 0.29) is 24.8 Å². The number of halogens is 2. The fourth-order valence-corrected chi connectivity index (χ4v) is 4.65. The predicted molar refractivity (Wildman–Crippen MR) is 98.6 cm³/mol. The van der Waals surface area contributed by atoms with Gasteiger partial charge in [0, 0.05) is 49.6 Å². The highest BCUT2D eigenvalue weighted by Gasteiger charge is 2.31. The Bertz CT molecular complexity index is 337. The Balaban J connectivity index is 0.00000121. The SMILES string of the molecule is Cl.Cl.O=C(CC1CSCCN1)N1CCCC1CN1CCCC1. The summed E-state index contributed by atoms with van der Waals surface area (Å²) in [6.45, 7) is 5.62. The molecule has 0 aromatic carbocycles. The molecule has 130 valence electrons. The minimum absolute atomic E-state index is 0. The second-order valence-electron chi connectivity index (χ2n) is 6.32. The van der Waals surface area contributed by atoms with Crippen LogP contribution in [0, 0.1) is 0 Å². The van der Waals surface area contributed by atoms with E-state index in [4.69, 9.17) is 0 Å². The Labute approximate surface area is 150 Å². The highest BCUT2D eigenvalue weighted by Crippen LogP contribution is 2.22. The van der Waals surface area contributed by atoms with Crippen LogP contribution in [0.1, 0.15) is 32.1 Å². The molecule has 3 rings (SSSR count). The van der Waals surface area contributed by atoms with Gasteiger partial charge in [-0.3, -0.25) is 4.79 Å². The summed E-state index contributed by atoms with van der Waals surface area (Å²) < 4.78 is 0. The quantitative estimate of drug-likeness (QED) is 0.821. The van der Waals surface area contributed by atoms with E-state index in [9.17, 15) is 4.79 Å². The number of rotatable bonds is 4. The largest absolute Gasteiger partial charge is 0.338 e. The standard InChI is InChI=1S/C15H27N3OS.2ClH/c19-15(10-13-12-20-9-5-16-13)18-8-3-4-14(18)11-17-6-1-2-7-17;;/h13-14,16H,1-12H2;2*1H. The molecule has 3 aliphatic heterocycles. The summed E-state index contributed by atoms with van der Waals surface area (Å²) in [5.74, 6) is 2.66. The molecular weight excluding hydrogens is 341 g/mol. The minimum Gasteiger partial charge on any atom is -0.338 e. The molecule has 3 aliphatic rings. The molecule has 2 unspecified atom stereocenters. The summed E-state index contributed by atoms with van der Waals surface area (Å²) in [6, 6.07) is 0.881. The van der Waals surface area contributed by atoms with Crippen LogP contribution in [0.2, 0.25) is 0 Å². The molecule has 3 heterocycles. The molecule has 22 heavy (non-hydrogen) atoms. The van der Waals surface area contributed by atoms with E-state index in [0.29, 0.717) is 24.4 Å². The van der Waals surface area contributed by atoms with Crippen LogP contribution in [-0.4, -0.2) is 72.0 Å². The molecule has 0 radical (unpaired) electrons. The summed E-state index contributed by atoms with van der Waals surface area (Å²) >= 11 is 1.97. The molecule has 0 aliphatic carbocycles. The maximum atomic E-state index is 12.6. The molecule has 2 atom stereocenters. The summed E-state index contributed by atoms with van der Waals surface area (Å²) in [5.41, 5.74) is 0. The summed E-state index contributed by atoms with van der Waals surface area (Å²) in [6.07, 6.45) is 5.77. The first-order chi connectivity index (χ1) is 9.83. The fourth-order valence-electron chi connectivity index (χ4n) is 3.70. The van der Waals surface area contributed by atoms with Crippen LogP contribution in [-0.2, 0) is 4.79 Å². The first-order valence-corrected chi connectivity index (χ1v) is 9.31. The van der Waals surface area contributed by atoms with E-state index in [1.807, 2.05) is 11.8 Å². The zero-order chi connectivity index (χ0) is 13.8. The molecule has 0 saturated carbocycles. The molecule has 0 aromatic heterocycles. The van der Waals surface area contributed by atoms with E-state index in [1.165, 1.54) is 44.5 Å². The second kappa shape index (κ2) is 10.2. The smallest absolute Gasteiger partial charge is 0.224 e. The third kappa shape index (κ3) is 5.45. The van der Waals surface area contributed by atoms with Crippen LogP contribution in [0.25, 0.3) is 0 Å². The zero-order valence-electron chi connectivity index (χ0n) is 13.2. The van der Waals surface area contributed by atoms with Gasteiger partial charge in [0.15, 0.2) is 0 Å². The van der Waals surface area contributed by atoms with Crippen LogP contribution in [0.5, 0.6) is 0 Å². The lowest BCUT2D eigenvalue weighted by Crippen LogP contribution is -2.46. The second-order valence-corrected chi connectivity index (χ2v) is 7.47. The first-order valence-electron chi connectivity index (χ1n) is 8.16. The van der Waals surface area contributed by atoms with E-state index in [1.54, 1.807) is 0 Å². The van der Waals surface area contributed by atoms with E-state index >= 15 is 0 Å². The van der Waals surface area contributed by atoms with E-state index < -0.39 is 0 Å². The van der Waals surface area contributed by atoms with Gasteiger partial charge in [0.25, 0.3) is 0 Å². The van der Waals surface area contributed by atoms with Crippen LogP contribution < -0.4 is 5.32 Å². The summed E-state index contributed by atoms with van der Waals surface area (Å²) in [7, 11) is 0. The zero-order valence-corrected chi connectivity index (χ0v) is 15.6. The Morgan fingerprint density at radius 2 is 1.91 bits per heavy atom. The maximum Gasteiger partial charge on any atom is 0.224 e. The van der Waals surface area contributed by atoms with Crippen LogP contribution >= 0.6 is 36.6 Å². The Hall–Kier alpha value is 0.320. The number of amides is 1. The Kier molecular flexibility index (Phi) is 9.48. The third-order valence-corrected chi connectivity index (χ3v) is 5.92.